The van der Waals surface area contributed by atoms with Crippen LogP contribution in [-0.2, 0) is 0 Å². The highest BCUT2D eigenvalue weighted by atomic mass is 16.6. The van der Waals surface area contributed by atoms with Crippen LogP contribution in [0.15, 0.2) is 24.4 Å². The maximum atomic E-state index is 11.3. The van der Waals surface area contributed by atoms with Crippen molar-refractivity contribution >= 4 is 12.2 Å². The molecule has 0 aliphatic rings. The van der Waals surface area contributed by atoms with Crippen LogP contribution >= 0.6 is 0 Å². The lowest BCUT2D eigenvalue weighted by Crippen LogP contribution is -2.26. The molecule has 0 saturated heterocycles. The van der Waals surface area contributed by atoms with Crippen molar-refractivity contribution in [3.8, 4) is 11.5 Å². The summed E-state index contributed by atoms with van der Waals surface area (Å²) in [6.07, 6.45) is 1.55. The standard InChI is InChI=1S/C12H14N2O5/c1-3-13-12(15)19-10-5-4-9(6-7-14(16)17)8-11(10)18-2/h4-8H,3H2,1-2H3,(H,13,15)/b7-6+. The normalized spacial score (nSPS) is 10.2. The molecule has 1 aromatic carbocycles. The first-order chi connectivity index (χ1) is 9.06. The van der Waals surface area contributed by atoms with Crippen LogP contribution in [0.5, 0.6) is 11.5 Å². The number of benzene rings is 1. The number of ether oxygens (including phenoxy) is 2. The fourth-order valence-electron chi connectivity index (χ4n) is 1.30. The Kier molecular flexibility index (Phi) is 5.34. The van der Waals surface area contributed by atoms with Gasteiger partial charge in [0, 0.05) is 12.6 Å². The summed E-state index contributed by atoms with van der Waals surface area (Å²) in [4.78, 5) is 20.9. The van der Waals surface area contributed by atoms with Crippen LogP contribution in [0.3, 0.4) is 0 Å². The van der Waals surface area contributed by atoms with Gasteiger partial charge in [0.15, 0.2) is 11.5 Å². The van der Waals surface area contributed by atoms with E-state index in [1.807, 2.05) is 0 Å². The molecule has 7 heteroatoms. The minimum absolute atomic E-state index is 0.242. The van der Waals surface area contributed by atoms with Gasteiger partial charge in [0.25, 0.3) is 0 Å². The maximum Gasteiger partial charge on any atom is 0.412 e. The minimum atomic E-state index is -0.589. The van der Waals surface area contributed by atoms with Gasteiger partial charge in [-0.15, -0.1) is 0 Å². The van der Waals surface area contributed by atoms with Crippen molar-refractivity contribution in [3.05, 3.63) is 40.1 Å². The molecule has 0 spiro atoms. The van der Waals surface area contributed by atoms with E-state index in [2.05, 4.69) is 5.32 Å². The van der Waals surface area contributed by atoms with E-state index in [9.17, 15) is 14.9 Å². The Labute approximate surface area is 110 Å². The van der Waals surface area contributed by atoms with E-state index in [1.54, 1.807) is 13.0 Å². The van der Waals surface area contributed by atoms with Gasteiger partial charge in [-0.1, -0.05) is 6.07 Å². The van der Waals surface area contributed by atoms with E-state index < -0.39 is 11.0 Å². The second-order valence-electron chi connectivity index (χ2n) is 3.43. The molecule has 1 aromatic rings. The Morgan fingerprint density at radius 2 is 2.21 bits per heavy atom. The lowest BCUT2D eigenvalue weighted by atomic mass is 10.2. The van der Waals surface area contributed by atoms with Gasteiger partial charge in [-0.3, -0.25) is 10.1 Å². The van der Waals surface area contributed by atoms with E-state index in [0.29, 0.717) is 17.9 Å². The predicted octanol–water partition coefficient (Wildman–Crippen LogP) is 2.05. The van der Waals surface area contributed by atoms with Crippen LogP contribution in [0.4, 0.5) is 4.79 Å². The summed E-state index contributed by atoms with van der Waals surface area (Å²) < 4.78 is 10.1. The van der Waals surface area contributed by atoms with Gasteiger partial charge in [-0.05, 0) is 24.6 Å². The van der Waals surface area contributed by atoms with Gasteiger partial charge in [-0.25, -0.2) is 4.79 Å². The molecule has 0 bridgehead atoms. The molecule has 0 heterocycles. The van der Waals surface area contributed by atoms with E-state index in [0.717, 1.165) is 6.20 Å². The van der Waals surface area contributed by atoms with E-state index in [-0.39, 0.29) is 5.75 Å². The third kappa shape index (κ3) is 4.66. The van der Waals surface area contributed by atoms with Crippen molar-refractivity contribution in [3.63, 3.8) is 0 Å². The average molecular weight is 266 g/mol. The molecule has 1 amide bonds. The van der Waals surface area contributed by atoms with Crippen LogP contribution in [0.1, 0.15) is 12.5 Å². The van der Waals surface area contributed by atoms with Crippen molar-refractivity contribution in [2.24, 2.45) is 0 Å². The molecular weight excluding hydrogens is 252 g/mol. The van der Waals surface area contributed by atoms with Crippen LogP contribution in [0.25, 0.3) is 6.08 Å². The van der Waals surface area contributed by atoms with Crippen LogP contribution in [0, 0.1) is 10.1 Å². The molecule has 102 valence electrons. The number of carbonyl (C=O) groups excluding carboxylic acids is 1. The molecule has 0 atom stereocenters. The first-order valence-electron chi connectivity index (χ1n) is 5.52. The number of amides is 1. The number of nitro groups is 1. The van der Waals surface area contributed by atoms with Gasteiger partial charge in [0.05, 0.1) is 12.0 Å². The van der Waals surface area contributed by atoms with E-state index >= 15 is 0 Å². The molecule has 0 radical (unpaired) electrons. The maximum absolute atomic E-state index is 11.3. The zero-order valence-electron chi connectivity index (χ0n) is 10.6. The zero-order chi connectivity index (χ0) is 14.3. The Bertz CT molecular complexity index is 499. The topological polar surface area (TPSA) is 90.7 Å². The summed E-state index contributed by atoms with van der Waals surface area (Å²) in [5.41, 5.74) is 0.566. The number of rotatable bonds is 5. The Hall–Kier alpha value is -2.57. The van der Waals surface area contributed by atoms with Crippen molar-refractivity contribution < 1.29 is 19.2 Å². The highest BCUT2D eigenvalue weighted by molar-refractivity contribution is 5.71. The SMILES string of the molecule is CCNC(=O)Oc1ccc(/C=C/[N+](=O)[O-])cc1OC. The second kappa shape index (κ2) is 7.00. The number of hydrogen-bond acceptors (Lipinski definition) is 5. The Morgan fingerprint density at radius 3 is 2.79 bits per heavy atom. The summed E-state index contributed by atoms with van der Waals surface area (Å²) in [7, 11) is 1.42. The summed E-state index contributed by atoms with van der Waals surface area (Å²) in [6, 6.07) is 4.62. The molecular formula is C12H14N2O5. The summed E-state index contributed by atoms with van der Waals surface area (Å²) in [5.74, 6) is 0.559. The third-order valence-corrected chi connectivity index (χ3v) is 2.10. The molecule has 0 aromatic heterocycles. The summed E-state index contributed by atoms with van der Waals surface area (Å²) >= 11 is 0. The fourth-order valence-corrected chi connectivity index (χ4v) is 1.30. The quantitative estimate of drug-likeness (QED) is 0.650. The Morgan fingerprint density at radius 1 is 1.47 bits per heavy atom. The second-order valence-corrected chi connectivity index (χ2v) is 3.43. The van der Waals surface area contributed by atoms with Crippen LogP contribution < -0.4 is 14.8 Å². The van der Waals surface area contributed by atoms with Crippen molar-refractivity contribution in [1.29, 1.82) is 0 Å². The summed E-state index contributed by atoms with van der Waals surface area (Å²) in [6.45, 7) is 2.22. The highest BCUT2D eigenvalue weighted by Crippen LogP contribution is 2.28. The molecule has 0 saturated carbocycles. The molecule has 1 rings (SSSR count). The van der Waals surface area contributed by atoms with Crippen LogP contribution in [-0.4, -0.2) is 24.7 Å². The molecule has 1 N–H and O–H groups in total. The predicted molar refractivity (Wildman–Crippen MR) is 68.7 cm³/mol. The molecule has 0 unspecified atom stereocenters. The first kappa shape index (κ1) is 14.5. The van der Waals surface area contributed by atoms with Gasteiger partial charge >= 0.3 is 6.09 Å². The van der Waals surface area contributed by atoms with Crippen LogP contribution in [0.2, 0.25) is 0 Å². The third-order valence-electron chi connectivity index (χ3n) is 2.10. The molecule has 0 aliphatic heterocycles. The highest BCUT2D eigenvalue weighted by Gasteiger charge is 2.09. The number of carbonyl (C=O) groups is 1. The smallest absolute Gasteiger partial charge is 0.412 e. The lowest BCUT2D eigenvalue weighted by Gasteiger charge is -2.09. The lowest BCUT2D eigenvalue weighted by molar-refractivity contribution is -0.400. The van der Waals surface area contributed by atoms with Gasteiger partial charge in [0.2, 0.25) is 6.20 Å². The largest absolute Gasteiger partial charge is 0.493 e. The van der Waals surface area contributed by atoms with E-state index in [4.69, 9.17) is 9.47 Å². The first-order valence-corrected chi connectivity index (χ1v) is 5.52. The monoisotopic (exact) mass is 266 g/mol. The van der Waals surface area contributed by atoms with Gasteiger partial charge in [-0.2, -0.15) is 0 Å². The van der Waals surface area contributed by atoms with Gasteiger partial charge in [0.1, 0.15) is 0 Å². The van der Waals surface area contributed by atoms with Crippen molar-refractivity contribution in [2.45, 2.75) is 6.92 Å². The Balaban J connectivity index is 2.90. The minimum Gasteiger partial charge on any atom is -0.493 e. The molecule has 19 heavy (non-hydrogen) atoms. The van der Waals surface area contributed by atoms with E-state index in [1.165, 1.54) is 25.3 Å². The summed E-state index contributed by atoms with van der Waals surface area (Å²) in [5, 5.41) is 12.7. The van der Waals surface area contributed by atoms with Crippen molar-refractivity contribution in [2.75, 3.05) is 13.7 Å². The van der Waals surface area contributed by atoms with Gasteiger partial charge < -0.3 is 14.8 Å². The number of hydrogen-bond donors (Lipinski definition) is 1. The number of nitrogens with one attached hydrogen (secondary N) is 1. The average Bonchev–Trinajstić information content (AvgIpc) is 2.37. The van der Waals surface area contributed by atoms with Crippen molar-refractivity contribution in [1.82, 2.24) is 5.32 Å². The zero-order valence-corrected chi connectivity index (χ0v) is 10.6. The number of nitrogens with zero attached hydrogens (tertiary/aromatic N) is 1. The number of methoxy groups -OCH3 is 1. The fraction of sp³-hybridized carbons (Fsp3) is 0.250. The molecule has 7 nitrogen and oxygen atoms in total. The molecule has 0 aliphatic carbocycles. The molecule has 0 fully saturated rings.